The molecule has 1 N–H and O–H groups in total. The zero-order valence-corrected chi connectivity index (χ0v) is 14.8. The van der Waals surface area contributed by atoms with E-state index in [4.69, 9.17) is 4.74 Å². The van der Waals surface area contributed by atoms with Crippen molar-refractivity contribution in [1.82, 2.24) is 10.3 Å². The van der Waals surface area contributed by atoms with Gasteiger partial charge in [0.15, 0.2) is 5.78 Å². The molecule has 1 aromatic heterocycles. The van der Waals surface area contributed by atoms with E-state index in [2.05, 4.69) is 17.2 Å². The largest absolute Gasteiger partial charge is 0.462 e. The van der Waals surface area contributed by atoms with Crippen molar-refractivity contribution >= 4 is 11.8 Å². The molecule has 0 amide bonds. The lowest BCUT2D eigenvalue weighted by atomic mass is 9.75. The van der Waals surface area contributed by atoms with Gasteiger partial charge in [0, 0.05) is 41.7 Å². The summed E-state index contributed by atoms with van der Waals surface area (Å²) < 4.78 is 5.47. The number of rotatable bonds is 5. The van der Waals surface area contributed by atoms with Gasteiger partial charge in [-0.15, -0.1) is 0 Å². The minimum Gasteiger partial charge on any atom is -0.462 e. The second-order valence-electron chi connectivity index (χ2n) is 6.54. The summed E-state index contributed by atoms with van der Waals surface area (Å²) in [6.07, 6.45) is 7.39. The molecule has 0 aromatic carbocycles. The Labute approximate surface area is 148 Å². The molecular formula is C20H24N2O3. The van der Waals surface area contributed by atoms with Gasteiger partial charge in [-0.1, -0.05) is 13.3 Å². The molecule has 5 heteroatoms. The highest BCUT2D eigenvalue weighted by Crippen LogP contribution is 2.42. The third-order valence-electron chi connectivity index (χ3n) is 4.77. The number of Topliss-reactive ketones (excluding diaryl/α,β-unsaturated/α-hetero) is 1. The van der Waals surface area contributed by atoms with E-state index < -0.39 is 0 Å². The first-order valence-corrected chi connectivity index (χ1v) is 8.94. The first kappa shape index (κ1) is 17.4. The quantitative estimate of drug-likeness (QED) is 0.657. The predicted octanol–water partition coefficient (Wildman–Crippen LogP) is 3.39. The van der Waals surface area contributed by atoms with Gasteiger partial charge in [-0.25, -0.2) is 4.79 Å². The summed E-state index contributed by atoms with van der Waals surface area (Å²) >= 11 is 0. The minimum atomic E-state index is -0.374. The number of hydrogen-bond acceptors (Lipinski definition) is 5. The standard InChI is InChI=1S/C20H24N2O3/c1-3-4-12-25-20(24)17-13(2)22-15-6-5-7-16(23)19(15)18(17)14-8-10-21-11-9-14/h8-11,18,22H,3-7,12H2,1-2H3/t18-/m0/s1. The lowest BCUT2D eigenvalue weighted by molar-refractivity contribution is -0.139. The summed E-state index contributed by atoms with van der Waals surface area (Å²) in [6, 6.07) is 3.74. The lowest BCUT2D eigenvalue weighted by Crippen LogP contribution is -2.34. The molecule has 3 rings (SSSR count). The van der Waals surface area contributed by atoms with Gasteiger partial charge in [0.05, 0.1) is 12.2 Å². The third kappa shape index (κ3) is 3.50. The van der Waals surface area contributed by atoms with Crippen LogP contribution in [0.1, 0.15) is 57.4 Å². The Morgan fingerprint density at radius 1 is 1.32 bits per heavy atom. The summed E-state index contributed by atoms with van der Waals surface area (Å²) in [5, 5.41) is 3.29. The normalized spacial score (nSPS) is 20.2. The average molecular weight is 340 g/mol. The number of dihydropyridines is 1. The van der Waals surface area contributed by atoms with Gasteiger partial charge in [-0.3, -0.25) is 9.78 Å². The number of nitrogens with zero attached hydrogens (tertiary/aromatic N) is 1. The number of pyridine rings is 1. The van der Waals surface area contributed by atoms with Gasteiger partial charge in [-0.05, 0) is 43.9 Å². The van der Waals surface area contributed by atoms with Gasteiger partial charge in [0.2, 0.25) is 0 Å². The Hall–Kier alpha value is -2.43. The van der Waals surface area contributed by atoms with Crippen molar-refractivity contribution in [3.05, 3.63) is 52.6 Å². The third-order valence-corrected chi connectivity index (χ3v) is 4.77. The Balaban J connectivity index is 2.02. The smallest absolute Gasteiger partial charge is 0.336 e. The number of esters is 1. The maximum absolute atomic E-state index is 12.8. The Morgan fingerprint density at radius 3 is 2.80 bits per heavy atom. The van der Waals surface area contributed by atoms with E-state index in [-0.39, 0.29) is 17.7 Å². The number of aromatic nitrogens is 1. The van der Waals surface area contributed by atoms with Crippen molar-refractivity contribution in [1.29, 1.82) is 0 Å². The van der Waals surface area contributed by atoms with Crippen molar-refractivity contribution in [3.63, 3.8) is 0 Å². The second kappa shape index (κ2) is 7.64. The van der Waals surface area contributed by atoms with Crippen LogP contribution >= 0.6 is 0 Å². The fourth-order valence-corrected chi connectivity index (χ4v) is 3.53. The fourth-order valence-electron chi connectivity index (χ4n) is 3.53. The number of allylic oxidation sites excluding steroid dienone is 3. The van der Waals surface area contributed by atoms with E-state index in [1.165, 1.54) is 0 Å². The van der Waals surface area contributed by atoms with Crippen molar-refractivity contribution in [3.8, 4) is 0 Å². The van der Waals surface area contributed by atoms with Crippen LogP contribution < -0.4 is 5.32 Å². The summed E-state index contributed by atoms with van der Waals surface area (Å²) in [5.41, 5.74) is 3.88. The highest BCUT2D eigenvalue weighted by Gasteiger charge is 2.38. The maximum Gasteiger partial charge on any atom is 0.336 e. The summed E-state index contributed by atoms with van der Waals surface area (Å²) in [7, 11) is 0. The van der Waals surface area contributed by atoms with E-state index in [1.54, 1.807) is 12.4 Å². The molecule has 2 heterocycles. The Bertz CT molecular complexity index is 735. The molecule has 25 heavy (non-hydrogen) atoms. The molecule has 0 unspecified atom stereocenters. The molecular weight excluding hydrogens is 316 g/mol. The van der Waals surface area contributed by atoms with Crippen LogP contribution in [0.15, 0.2) is 47.1 Å². The summed E-state index contributed by atoms with van der Waals surface area (Å²) in [6.45, 7) is 4.33. The Morgan fingerprint density at radius 2 is 2.08 bits per heavy atom. The molecule has 0 radical (unpaired) electrons. The van der Waals surface area contributed by atoms with Gasteiger partial charge < -0.3 is 10.1 Å². The van der Waals surface area contributed by atoms with Crippen LogP contribution in [0.3, 0.4) is 0 Å². The number of carbonyl (C=O) groups excluding carboxylic acids is 2. The Kier molecular flexibility index (Phi) is 5.31. The fraction of sp³-hybridized carbons (Fsp3) is 0.450. The highest BCUT2D eigenvalue weighted by atomic mass is 16.5. The van der Waals surface area contributed by atoms with Crippen LogP contribution in [0.2, 0.25) is 0 Å². The number of nitrogens with one attached hydrogen (secondary N) is 1. The summed E-state index contributed by atoms with van der Waals surface area (Å²) in [4.78, 5) is 29.5. The molecule has 1 aromatic rings. The van der Waals surface area contributed by atoms with Crippen molar-refractivity contribution < 1.29 is 14.3 Å². The van der Waals surface area contributed by atoms with Crippen LogP contribution in [-0.4, -0.2) is 23.3 Å². The van der Waals surface area contributed by atoms with Crippen LogP contribution in [0.4, 0.5) is 0 Å². The van der Waals surface area contributed by atoms with Crippen LogP contribution in [0.5, 0.6) is 0 Å². The van der Waals surface area contributed by atoms with Crippen molar-refractivity contribution in [2.24, 2.45) is 0 Å². The molecule has 5 nitrogen and oxygen atoms in total. The van der Waals surface area contributed by atoms with E-state index in [0.29, 0.717) is 24.2 Å². The van der Waals surface area contributed by atoms with E-state index in [9.17, 15) is 9.59 Å². The molecule has 0 spiro atoms. The zero-order valence-electron chi connectivity index (χ0n) is 14.8. The van der Waals surface area contributed by atoms with Crippen LogP contribution in [0, 0.1) is 0 Å². The monoisotopic (exact) mass is 340 g/mol. The SMILES string of the molecule is CCCCOC(=O)C1=C(C)NC2=C(C(=O)CCC2)[C@H]1c1ccncc1. The molecule has 0 saturated carbocycles. The molecule has 1 aliphatic heterocycles. The van der Waals surface area contributed by atoms with E-state index in [0.717, 1.165) is 42.6 Å². The molecule has 0 saturated heterocycles. The number of hydrogen-bond donors (Lipinski definition) is 1. The number of ether oxygens (including phenoxy) is 1. The van der Waals surface area contributed by atoms with E-state index in [1.807, 2.05) is 19.1 Å². The van der Waals surface area contributed by atoms with Crippen LogP contribution in [0.25, 0.3) is 0 Å². The van der Waals surface area contributed by atoms with E-state index >= 15 is 0 Å². The van der Waals surface area contributed by atoms with Gasteiger partial charge in [0.1, 0.15) is 0 Å². The molecule has 1 aliphatic carbocycles. The molecule has 1 atom stereocenters. The highest BCUT2D eigenvalue weighted by molar-refractivity contribution is 6.03. The number of unbranched alkanes of at least 4 members (excludes halogenated alkanes) is 1. The minimum absolute atomic E-state index is 0.113. The van der Waals surface area contributed by atoms with Gasteiger partial charge >= 0.3 is 5.97 Å². The van der Waals surface area contributed by atoms with Gasteiger partial charge in [0.25, 0.3) is 0 Å². The topological polar surface area (TPSA) is 68.3 Å². The lowest BCUT2D eigenvalue weighted by Gasteiger charge is -2.34. The molecule has 132 valence electrons. The molecule has 2 aliphatic rings. The first-order valence-electron chi connectivity index (χ1n) is 8.94. The van der Waals surface area contributed by atoms with Crippen LogP contribution in [-0.2, 0) is 14.3 Å². The van der Waals surface area contributed by atoms with Crippen molar-refractivity contribution in [2.75, 3.05) is 6.61 Å². The number of carbonyl (C=O) groups is 2. The zero-order chi connectivity index (χ0) is 17.8. The van der Waals surface area contributed by atoms with Crippen molar-refractivity contribution in [2.45, 2.75) is 51.9 Å². The first-order chi connectivity index (χ1) is 12.1. The molecule has 0 bridgehead atoms. The molecule has 0 fully saturated rings. The summed E-state index contributed by atoms with van der Waals surface area (Å²) in [5.74, 6) is -0.603. The second-order valence-corrected chi connectivity index (χ2v) is 6.54. The number of ketones is 1. The van der Waals surface area contributed by atoms with Gasteiger partial charge in [-0.2, -0.15) is 0 Å². The average Bonchev–Trinajstić information content (AvgIpc) is 2.61. The predicted molar refractivity (Wildman–Crippen MR) is 94.6 cm³/mol. The maximum atomic E-state index is 12.8.